The molecular weight excluding hydrogens is 180 g/mol. The van der Waals surface area contributed by atoms with Gasteiger partial charge in [0.25, 0.3) is 0 Å². The maximum atomic E-state index is 4.72. The molecule has 13 heavy (non-hydrogen) atoms. The highest BCUT2D eigenvalue weighted by Gasteiger charge is 2.35. The average Bonchev–Trinajstić information content (AvgIpc) is 2.83. The van der Waals surface area contributed by atoms with Crippen LogP contribution in [0, 0.1) is 5.92 Å². The molecule has 1 saturated carbocycles. The molecule has 3 unspecified atom stereocenters. The van der Waals surface area contributed by atoms with Crippen LogP contribution in [0.2, 0.25) is 0 Å². The van der Waals surface area contributed by atoms with E-state index < -0.39 is 0 Å². The third kappa shape index (κ3) is 2.39. The van der Waals surface area contributed by atoms with Gasteiger partial charge in [0.1, 0.15) is 0 Å². The van der Waals surface area contributed by atoms with Gasteiger partial charge < -0.3 is 5.32 Å². The van der Waals surface area contributed by atoms with Crippen molar-refractivity contribution in [2.24, 2.45) is 10.9 Å². The van der Waals surface area contributed by atoms with Gasteiger partial charge >= 0.3 is 0 Å². The van der Waals surface area contributed by atoms with Gasteiger partial charge in [-0.25, -0.2) is 0 Å². The molecule has 2 fully saturated rings. The predicted octanol–water partition coefficient (Wildman–Crippen LogP) is 2.26. The number of nitrogens with zero attached hydrogens (tertiary/aromatic N) is 1. The summed E-state index contributed by atoms with van der Waals surface area (Å²) >= 11 is 1.89. The molecule has 1 aliphatic heterocycles. The lowest BCUT2D eigenvalue weighted by Crippen LogP contribution is -2.35. The van der Waals surface area contributed by atoms with Crippen LogP contribution in [0.4, 0.5) is 0 Å². The molecule has 0 aromatic rings. The van der Waals surface area contributed by atoms with E-state index in [4.69, 9.17) is 4.99 Å². The van der Waals surface area contributed by atoms with Crippen LogP contribution in [0.5, 0.6) is 0 Å². The monoisotopic (exact) mass is 198 g/mol. The Morgan fingerprint density at radius 3 is 3.08 bits per heavy atom. The van der Waals surface area contributed by atoms with Crippen molar-refractivity contribution >= 4 is 16.9 Å². The third-order valence-electron chi connectivity index (χ3n) is 2.85. The molecule has 0 aromatic heterocycles. The van der Waals surface area contributed by atoms with Gasteiger partial charge in [0.15, 0.2) is 5.17 Å². The first-order valence-corrected chi connectivity index (χ1v) is 6.25. The summed E-state index contributed by atoms with van der Waals surface area (Å²) in [5, 5.41) is 4.64. The van der Waals surface area contributed by atoms with Gasteiger partial charge in [0, 0.05) is 11.8 Å². The number of aliphatic imine (C=N–C) groups is 1. The van der Waals surface area contributed by atoms with E-state index in [1.54, 1.807) is 0 Å². The van der Waals surface area contributed by atoms with Crippen molar-refractivity contribution in [3.05, 3.63) is 0 Å². The fraction of sp³-hybridized carbons (Fsp3) is 0.900. The van der Waals surface area contributed by atoms with Crippen molar-refractivity contribution in [1.82, 2.24) is 5.32 Å². The highest BCUT2D eigenvalue weighted by atomic mass is 32.2. The van der Waals surface area contributed by atoms with Gasteiger partial charge in [0.05, 0.1) is 6.04 Å². The Bertz CT molecular complexity index is 215. The van der Waals surface area contributed by atoms with Crippen LogP contribution in [0.1, 0.15) is 33.1 Å². The normalized spacial score (nSPS) is 41.7. The van der Waals surface area contributed by atoms with E-state index in [2.05, 4.69) is 19.2 Å². The van der Waals surface area contributed by atoms with Crippen molar-refractivity contribution in [1.29, 1.82) is 0 Å². The van der Waals surface area contributed by atoms with E-state index in [0.29, 0.717) is 12.1 Å². The fourth-order valence-corrected chi connectivity index (χ4v) is 2.87. The maximum absolute atomic E-state index is 4.72. The lowest BCUT2D eigenvalue weighted by atomic mass is 10.3. The third-order valence-corrected chi connectivity index (χ3v) is 3.79. The second kappa shape index (κ2) is 3.91. The lowest BCUT2D eigenvalue weighted by molar-refractivity contribution is 0.640. The highest BCUT2D eigenvalue weighted by molar-refractivity contribution is 8.13. The summed E-state index contributed by atoms with van der Waals surface area (Å²) in [6.07, 6.45) is 3.88. The quantitative estimate of drug-likeness (QED) is 0.736. The molecule has 2 rings (SSSR count). The molecule has 1 saturated heterocycles. The van der Waals surface area contributed by atoms with E-state index in [1.807, 2.05) is 11.8 Å². The van der Waals surface area contributed by atoms with Crippen LogP contribution in [0.25, 0.3) is 0 Å². The van der Waals surface area contributed by atoms with Crippen LogP contribution in [0.3, 0.4) is 0 Å². The fourth-order valence-electron chi connectivity index (χ4n) is 1.71. The number of thioether (sulfide) groups is 1. The minimum Gasteiger partial charge on any atom is -0.362 e. The first kappa shape index (κ1) is 9.38. The smallest absolute Gasteiger partial charge is 0.157 e. The molecule has 0 radical (unpaired) electrons. The van der Waals surface area contributed by atoms with Gasteiger partial charge in [-0.3, -0.25) is 4.99 Å². The van der Waals surface area contributed by atoms with Crippen LogP contribution in [-0.2, 0) is 0 Å². The molecule has 1 heterocycles. The Morgan fingerprint density at radius 2 is 2.46 bits per heavy atom. The molecule has 3 atom stereocenters. The van der Waals surface area contributed by atoms with E-state index in [0.717, 1.165) is 5.92 Å². The number of hydrogen-bond donors (Lipinski definition) is 1. The number of rotatable bonds is 2. The van der Waals surface area contributed by atoms with Gasteiger partial charge in [-0.1, -0.05) is 25.1 Å². The molecule has 0 aromatic carbocycles. The molecule has 2 aliphatic rings. The van der Waals surface area contributed by atoms with Crippen LogP contribution >= 0.6 is 11.8 Å². The number of amidine groups is 1. The summed E-state index contributed by atoms with van der Waals surface area (Å²) in [6.45, 7) is 4.49. The average molecular weight is 198 g/mol. The minimum absolute atomic E-state index is 0.624. The van der Waals surface area contributed by atoms with Crippen LogP contribution in [-0.4, -0.2) is 23.0 Å². The Balaban J connectivity index is 1.86. The summed E-state index contributed by atoms with van der Waals surface area (Å²) < 4.78 is 0. The van der Waals surface area contributed by atoms with Crippen LogP contribution < -0.4 is 5.32 Å². The molecule has 0 spiro atoms. The first-order chi connectivity index (χ1) is 6.29. The minimum atomic E-state index is 0.624. The topological polar surface area (TPSA) is 24.4 Å². The zero-order chi connectivity index (χ0) is 9.26. The zero-order valence-electron chi connectivity index (χ0n) is 8.42. The van der Waals surface area contributed by atoms with Gasteiger partial charge in [0.2, 0.25) is 0 Å². The maximum Gasteiger partial charge on any atom is 0.157 e. The molecule has 3 heteroatoms. The van der Waals surface area contributed by atoms with Gasteiger partial charge in [-0.05, 0) is 25.7 Å². The Kier molecular flexibility index (Phi) is 2.82. The number of hydrogen-bond acceptors (Lipinski definition) is 2. The summed E-state index contributed by atoms with van der Waals surface area (Å²) in [5.41, 5.74) is 0. The first-order valence-electron chi connectivity index (χ1n) is 5.26. The predicted molar refractivity (Wildman–Crippen MR) is 59.3 cm³/mol. The molecule has 0 amide bonds. The summed E-state index contributed by atoms with van der Waals surface area (Å²) in [6, 6.07) is 1.27. The Labute approximate surface area is 84.6 Å². The van der Waals surface area contributed by atoms with Crippen LogP contribution in [0.15, 0.2) is 4.99 Å². The molecule has 74 valence electrons. The van der Waals surface area contributed by atoms with Crippen molar-refractivity contribution in [3.63, 3.8) is 0 Å². The Morgan fingerprint density at radius 1 is 1.62 bits per heavy atom. The van der Waals surface area contributed by atoms with Crippen molar-refractivity contribution in [2.75, 3.05) is 5.75 Å². The van der Waals surface area contributed by atoms with E-state index in [9.17, 15) is 0 Å². The van der Waals surface area contributed by atoms with Crippen molar-refractivity contribution in [3.8, 4) is 0 Å². The Hall–Kier alpha value is -0.180. The molecule has 0 bridgehead atoms. The lowest BCUT2D eigenvalue weighted by Gasteiger charge is -2.21. The highest BCUT2D eigenvalue weighted by Crippen LogP contribution is 2.37. The second-order valence-electron chi connectivity index (χ2n) is 4.09. The molecule has 1 N–H and O–H groups in total. The number of nitrogens with one attached hydrogen (secondary N) is 1. The SMILES string of the molecule is CCC1CC1N=C1NC(C)CCS1. The van der Waals surface area contributed by atoms with Crippen molar-refractivity contribution < 1.29 is 0 Å². The zero-order valence-corrected chi connectivity index (χ0v) is 9.23. The van der Waals surface area contributed by atoms with E-state index in [-0.39, 0.29) is 0 Å². The van der Waals surface area contributed by atoms with Gasteiger partial charge in [-0.2, -0.15) is 0 Å². The van der Waals surface area contributed by atoms with E-state index >= 15 is 0 Å². The summed E-state index contributed by atoms with van der Waals surface area (Å²) in [5.74, 6) is 2.11. The largest absolute Gasteiger partial charge is 0.362 e. The van der Waals surface area contributed by atoms with E-state index in [1.165, 1.54) is 30.2 Å². The van der Waals surface area contributed by atoms with Crippen molar-refractivity contribution in [2.45, 2.75) is 45.2 Å². The standard InChI is InChI=1S/C10H18N2S/c1-3-8-6-9(8)12-10-11-7(2)4-5-13-10/h7-9H,3-6H2,1-2H3,(H,11,12). The molecular formula is C10H18N2S. The summed E-state index contributed by atoms with van der Waals surface area (Å²) in [4.78, 5) is 4.72. The second-order valence-corrected chi connectivity index (χ2v) is 5.17. The molecule has 2 nitrogen and oxygen atoms in total. The van der Waals surface area contributed by atoms with Gasteiger partial charge in [-0.15, -0.1) is 0 Å². The summed E-state index contributed by atoms with van der Waals surface area (Å²) in [7, 11) is 0. The molecule has 1 aliphatic carbocycles.